The summed E-state index contributed by atoms with van der Waals surface area (Å²) in [6.45, 7) is 2.34. The Hall–Kier alpha value is -1.47. The first-order valence-corrected chi connectivity index (χ1v) is 8.23. The number of thiophene rings is 1. The van der Waals surface area contributed by atoms with Gasteiger partial charge in [0.25, 0.3) is 5.89 Å². The van der Waals surface area contributed by atoms with Gasteiger partial charge in [-0.05, 0) is 13.1 Å². The Balaban J connectivity index is 1.69. The minimum atomic E-state index is -0.173. The Morgan fingerprint density at radius 2 is 2.18 bits per heavy atom. The number of halogens is 1. The standard InChI is InChI=1S/C15H14ClN3O2S/c1-19-6-7-20-10(8-19)14-17-18-15(21-14)13-12(16)9-4-2-3-5-11(9)22-13/h2-5,10H,6-8H2,1H3. The van der Waals surface area contributed by atoms with Crippen molar-refractivity contribution >= 4 is 33.0 Å². The van der Waals surface area contributed by atoms with Crippen LogP contribution in [0.3, 0.4) is 0 Å². The molecule has 1 aliphatic heterocycles. The van der Waals surface area contributed by atoms with Crippen molar-refractivity contribution in [3.8, 4) is 10.8 Å². The second kappa shape index (κ2) is 5.62. The predicted octanol–water partition coefficient (Wildman–Crippen LogP) is 3.61. The Morgan fingerprint density at radius 1 is 1.32 bits per heavy atom. The molecule has 0 spiro atoms. The van der Waals surface area contributed by atoms with Crippen molar-refractivity contribution < 1.29 is 9.15 Å². The highest BCUT2D eigenvalue weighted by atomic mass is 35.5. The van der Waals surface area contributed by atoms with Crippen LogP contribution in [0.1, 0.15) is 12.0 Å². The summed E-state index contributed by atoms with van der Waals surface area (Å²) in [6.07, 6.45) is -0.173. The lowest BCUT2D eigenvalue weighted by atomic mass is 10.2. The lowest BCUT2D eigenvalue weighted by Crippen LogP contribution is -2.35. The van der Waals surface area contributed by atoms with Crippen LogP contribution in [0.15, 0.2) is 28.7 Å². The molecule has 3 aromatic rings. The average Bonchev–Trinajstić information content (AvgIpc) is 3.13. The Labute approximate surface area is 136 Å². The minimum absolute atomic E-state index is 0.173. The van der Waals surface area contributed by atoms with E-state index in [-0.39, 0.29) is 6.10 Å². The third kappa shape index (κ3) is 2.42. The monoisotopic (exact) mass is 335 g/mol. The normalized spacial score (nSPS) is 19.8. The molecule has 0 aliphatic carbocycles. The van der Waals surface area contributed by atoms with Gasteiger partial charge in [0.2, 0.25) is 5.89 Å². The van der Waals surface area contributed by atoms with E-state index in [2.05, 4.69) is 22.1 Å². The number of nitrogens with zero attached hydrogens (tertiary/aromatic N) is 3. The van der Waals surface area contributed by atoms with Gasteiger partial charge in [0.15, 0.2) is 0 Å². The number of likely N-dealkylation sites (N-methyl/N-ethyl adjacent to an activating group) is 1. The number of rotatable bonds is 2. The molecule has 1 aromatic carbocycles. The molecular formula is C15H14ClN3O2S. The van der Waals surface area contributed by atoms with E-state index in [1.165, 1.54) is 0 Å². The number of benzene rings is 1. The highest BCUT2D eigenvalue weighted by Crippen LogP contribution is 2.41. The molecule has 0 saturated carbocycles. The predicted molar refractivity (Wildman–Crippen MR) is 86.3 cm³/mol. The number of fused-ring (bicyclic) bond motifs is 1. The van der Waals surface area contributed by atoms with E-state index in [1.54, 1.807) is 11.3 Å². The second-order valence-corrected chi connectivity index (χ2v) is 6.74. The summed E-state index contributed by atoms with van der Waals surface area (Å²) < 4.78 is 12.6. The maximum atomic E-state index is 6.45. The van der Waals surface area contributed by atoms with Crippen molar-refractivity contribution in [2.24, 2.45) is 0 Å². The minimum Gasteiger partial charge on any atom is -0.417 e. The van der Waals surface area contributed by atoms with E-state index in [0.29, 0.717) is 23.4 Å². The first-order valence-electron chi connectivity index (χ1n) is 7.03. The molecule has 5 nitrogen and oxygen atoms in total. The van der Waals surface area contributed by atoms with E-state index in [4.69, 9.17) is 20.8 Å². The Morgan fingerprint density at radius 3 is 3.00 bits per heavy atom. The molecule has 0 bridgehead atoms. The van der Waals surface area contributed by atoms with E-state index < -0.39 is 0 Å². The Bertz CT molecular complexity index is 816. The summed E-state index contributed by atoms with van der Waals surface area (Å²) in [5.41, 5.74) is 0. The molecule has 1 saturated heterocycles. The van der Waals surface area contributed by atoms with Crippen LogP contribution in [0.2, 0.25) is 5.02 Å². The second-order valence-electron chi connectivity index (χ2n) is 5.31. The zero-order valence-corrected chi connectivity index (χ0v) is 13.5. The highest BCUT2D eigenvalue weighted by Gasteiger charge is 2.26. The molecule has 1 atom stereocenters. The number of ether oxygens (including phenoxy) is 1. The zero-order valence-electron chi connectivity index (χ0n) is 12.0. The lowest BCUT2D eigenvalue weighted by molar-refractivity contribution is -0.0341. The van der Waals surface area contributed by atoms with Crippen LogP contribution >= 0.6 is 22.9 Å². The fourth-order valence-corrected chi connectivity index (χ4v) is 3.97. The quantitative estimate of drug-likeness (QED) is 0.716. The fraction of sp³-hybridized carbons (Fsp3) is 0.333. The number of morpholine rings is 1. The molecule has 0 radical (unpaired) electrons. The van der Waals surface area contributed by atoms with Gasteiger partial charge in [-0.25, -0.2) is 0 Å². The van der Waals surface area contributed by atoms with E-state index >= 15 is 0 Å². The van der Waals surface area contributed by atoms with Gasteiger partial charge in [-0.1, -0.05) is 29.8 Å². The molecule has 114 valence electrons. The van der Waals surface area contributed by atoms with Crippen molar-refractivity contribution in [3.05, 3.63) is 35.2 Å². The van der Waals surface area contributed by atoms with Crippen molar-refractivity contribution in [1.82, 2.24) is 15.1 Å². The van der Waals surface area contributed by atoms with Gasteiger partial charge >= 0.3 is 0 Å². The van der Waals surface area contributed by atoms with E-state index in [1.807, 2.05) is 24.3 Å². The molecule has 22 heavy (non-hydrogen) atoms. The topological polar surface area (TPSA) is 51.4 Å². The molecule has 3 heterocycles. The number of hydrogen-bond acceptors (Lipinski definition) is 6. The van der Waals surface area contributed by atoms with Crippen molar-refractivity contribution in [2.75, 3.05) is 26.7 Å². The van der Waals surface area contributed by atoms with Crippen molar-refractivity contribution in [2.45, 2.75) is 6.10 Å². The van der Waals surface area contributed by atoms with Gasteiger partial charge in [-0.3, -0.25) is 0 Å². The van der Waals surface area contributed by atoms with Crippen LogP contribution < -0.4 is 0 Å². The fourth-order valence-electron chi connectivity index (χ4n) is 2.54. The molecule has 7 heteroatoms. The van der Waals surface area contributed by atoms with Crippen LogP contribution in [0.25, 0.3) is 20.9 Å². The molecular weight excluding hydrogens is 322 g/mol. The van der Waals surface area contributed by atoms with Gasteiger partial charge in [0.1, 0.15) is 11.0 Å². The van der Waals surface area contributed by atoms with Crippen molar-refractivity contribution in [1.29, 1.82) is 0 Å². The molecule has 1 unspecified atom stereocenters. The van der Waals surface area contributed by atoms with Crippen LogP contribution in [-0.2, 0) is 4.74 Å². The first-order chi connectivity index (χ1) is 10.7. The van der Waals surface area contributed by atoms with Crippen LogP contribution in [0.5, 0.6) is 0 Å². The number of aromatic nitrogens is 2. The molecule has 1 fully saturated rings. The SMILES string of the molecule is CN1CCOC(c2nnc(-c3sc4ccccc4c3Cl)o2)C1. The van der Waals surface area contributed by atoms with Gasteiger partial charge in [-0.2, -0.15) is 0 Å². The third-order valence-electron chi connectivity index (χ3n) is 3.71. The zero-order chi connectivity index (χ0) is 15.1. The van der Waals surface area contributed by atoms with Crippen LogP contribution in [0.4, 0.5) is 0 Å². The lowest BCUT2D eigenvalue weighted by Gasteiger charge is -2.27. The molecule has 2 aromatic heterocycles. The van der Waals surface area contributed by atoms with Crippen LogP contribution in [-0.4, -0.2) is 41.8 Å². The van der Waals surface area contributed by atoms with Gasteiger partial charge in [0.05, 0.1) is 11.6 Å². The highest BCUT2D eigenvalue weighted by molar-refractivity contribution is 7.23. The molecule has 0 amide bonds. The summed E-state index contributed by atoms with van der Waals surface area (Å²) in [5, 5.41) is 9.97. The Kier molecular flexibility index (Phi) is 3.62. The van der Waals surface area contributed by atoms with E-state index in [0.717, 1.165) is 28.1 Å². The van der Waals surface area contributed by atoms with E-state index in [9.17, 15) is 0 Å². The molecule has 4 rings (SSSR count). The first kappa shape index (κ1) is 14.1. The van der Waals surface area contributed by atoms with Gasteiger partial charge in [-0.15, -0.1) is 21.5 Å². The third-order valence-corrected chi connectivity index (χ3v) is 5.38. The maximum Gasteiger partial charge on any atom is 0.259 e. The smallest absolute Gasteiger partial charge is 0.259 e. The summed E-state index contributed by atoms with van der Waals surface area (Å²) in [7, 11) is 2.05. The largest absolute Gasteiger partial charge is 0.417 e. The molecule has 0 N–H and O–H groups in total. The maximum absolute atomic E-state index is 6.45. The summed E-state index contributed by atoms with van der Waals surface area (Å²) >= 11 is 8.01. The summed E-state index contributed by atoms with van der Waals surface area (Å²) in [6, 6.07) is 7.99. The van der Waals surface area contributed by atoms with Crippen molar-refractivity contribution in [3.63, 3.8) is 0 Å². The number of hydrogen-bond donors (Lipinski definition) is 0. The molecule has 1 aliphatic rings. The summed E-state index contributed by atoms with van der Waals surface area (Å²) in [5.74, 6) is 0.966. The van der Waals surface area contributed by atoms with Gasteiger partial charge < -0.3 is 14.1 Å². The summed E-state index contributed by atoms with van der Waals surface area (Å²) in [4.78, 5) is 3.00. The average molecular weight is 336 g/mol. The van der Waals surface area contributed by atoms with Gasteiger partial charge in [0, 0.05) is 23.2 Å². The van der Waals surface area contributed by atoms with Crippen LogP contribution in [0, 0.1) is 0 Å².